The van der Waals surface area contributed by atoms with Gasteiger partial charge in [0.1, 0.15) is 24.9 Å². The summed E-state index contributed by atoms with van der Waals surface area (Å²) in [7, 11) is 0. The highest BCUT2D eigenvalue weighted by Crippen LogP contribution is 2.37. The van der Waals surface area contributed by atoms with Gasteiger partial charge in [-0.2, -0.15) is 0 Å². The molecule has 0 radical (unpaired) electrons. The number of nitrogens with zero attached hydrogens (tertiary/aromatic N) is 3. The zero-order chi connectivity index (χ0) is 24.8. The first kappa shape index (κ1) is 23.5. The van der Waals surface area contributed by atoms with Crippen molar-refractivity contribution in [2.75, 3.05) is 11.5 Å². The number of carbonyl (C=O) groups is 4. The van der Waals surface area contributed by atoms with E-state index in [1.54, 1.807) is 30.3 Å². The molecule has 1 aromatic heterocycles. The molecule has 4 rings (SSSR count). The third kappa shape index (κ3) is 3.74. The second-order valence-electron chi connectivity index (χ2n) is 7.97. The van der Waals surface area contributed by atoms with Crippen molar-refractivity contribution >= 4 is 29.4 Å². The summed E-state index contributed by atoms with van der Waals surface area (Å²) in [6, 6.07) is 8.17. The van der Waals surface area contributed by atoms with E-state index in [1.807, 2.05) is 0 Å². The molecule has 13 heteroatoms. The number of hydrogen-bond acceptors (Lipinski definition) is 10. The number of aliphatic hydroxyl groups is 2. The van der Waals surface area contributed by atoms with Crippen LogP contribution in [0.15, 0.2) is 36.7 Å². The number of aliphatic hydroxyl groups excluding tert-OH is 2. The van der Waals surface area contributed by atoms with Crippen LogP contribution in [0.2, 0.25) is 0 Å². The summed E-state index contributed by atoms with van der Waals surface area (Å²) in [5.41, 5.74) is 6.14. The molecule has 5 N–H and O–H groups in total. The highest BCUT2D eigenvalue weighted by Gasteiger charge is 2.52. The Balaban J connectivity index is 1.61. The Bertz CT molecular complexity index is 1150. The standard InChI is InChI=1S/C21H23N5O8/c1-10(27)21(22)24-17(31)14-18(26(21)11(2)28)25(9-23-14)19-16(30)15(29)13(34-19)8-33-20(32)12-6-4-3-5-7-12/h3-7,9,13,15-16,19,29-30H,8,22H2,1-2H3,(H,24,31)/t13-,15?,16?,19-,21?/m1/s1. The number of ketones is 1. The van der Waals surface area contributed by atoms with Crippen molar-refractivity contribution in [3.05, 3.63) is 47.9 Å². The topological polar surface area (TPSA) is 186 Å². The van der Waals surface area contributed by atoms with E-state index in [9.17, 15) is 29.4 Å². The van der Waals surface area contributed by atoms with Gasteiger partial charge in [-0.1, -0.05) is 18.2 Å². The lowest BCUT2D eigenvalue weighted by Crippen LogP contribution is -2.75. The van der Waals surface area contributed by atoms with Crippen molar-refractivity contribution in [1.82, 2.24) is 14.9 Å². The normalized spacial score (nSPS) is 28.3. The Morgan fingerprint density at radius 2 is 1.88 bits per heavy atom. The van der Waals surface area contributed by atoms with E-state index in [-0.39, 0.29) is 18.1 Å². The number of fused-ring (bicyclic) bond motifs is 1. The quantitative estimate of drug-likeness (QED) is 0.379. The largest absolute Gasteiger partial charge is 0.459 e. The van der Waals surface area contributed by atoms with Crippen LogP contribution in [0.25, 0.3) is 0 Å². The molecule has 0 aliphatic carbocycles. The van der Waals surface area contributed by atoms with Crippen molar-refractivity contribution in [2.45, 2.75) is 44.2 Å². The fraction of sp³-hybridized carbons (Fsp3) is 0.381. The van der Waals surface area contributed by atoms with Gasteiger partial charge < -0.3 is 25.0 Å². The summed E-state index contributed by atoms with van der Waals surface area (Å²) in [6.07, 6.45) is -4.39. The van der Waals surface area contributed by atoms with Gasteiger partial charge in [-0.05, 0) is 12.1 Å². The van der Waals surface area contributed by atoms with Crippen LogP contribution >= 0.6 is 0 Å². The number of Topliss-reactive ketones (excluding diaryl/α,β-unsaturated/α-hetero) is 1. The third-order valence-corrected chi connectivity index (χ3v) is 5.70. The zero-order valence-electron chi connectivity index (χ0n) is 18.2. The Hall–Kier alpha value is -3.65. The molecule has 0 spiro atoms. The lowest BCUT2D eigenvalue weighted by Gasteiger charge is -2.42. The number of rotatable bonds is 5. The average molecular weight is 473 g/mol. The smallest absolute Gasteiger partial charge is 0.338 e. The van der Waals surface area contributed by atoms with Gasteiger partial charge in [0, 0.05) is 13.8 Å². The number of esters is 1. The number of nitrogens with one attached hydrogen (secondary N) is 1. The lowest BCUT2D eigenvalue weighted by atomic mass is 10.1. The van der Waals surface area contributed by atoms with Crippen molar-refractivity contribution in [3.8, 4) is 0 Å². The number of benzene rings is 1. The Morgan fingerprint density at radius 1 is 1.21 bits per heavy atom. The van der Waals surface area contributed by atoms with Gasteiger partial charge in [-0.3, -0.25) is 29.6 Å². The van der Waals surface area contributed by atoms with Gasteiger partial charge in [0.25, 0.3) is 5.91 Å². The Labute approximate surface area is 193 Å². The van der Waals surface area contributed by atoms with Crippen LogP contribution in [-0.4, -0.2) is 74.0 Å². The van der Waals surface area contributed by atoms with Gasteiger partial charge in [0.15, 0.2) is 23.5 Å². The fourth-order valence-corrected chi connectivity index (χ4v) is 3.93. The van der Waals surface area contributed by atoms with Crippen molar-refractivity contribution in [3.63, 3.8) is 0 Å². The van der Waals surface area contributed by atoms with Crippen LogP contribution < -0.4 is 16.0 Å². The number of carbonyl (C=O) groups excluding carboxylic acids is 4. The summed E-state index contributed by atoms with van der Waals surface area (Å²) >= 11 is 0. The molecule has 5 atom stereocenters. The van der Waals surface area contributed by atoms with Crippen molar-refractivity contribution in [1.29, 1.82) is 0 Å². The molecular weight excluding hydrogens is 450 g/mol. The second kappa shape index (κ2) is 8.61. The molecule has 1 aromatic carbocycles. The van der Waals surface area contributed by atoms with Crippen LogP contribution in [-0.2, 0) is 19.1 Å². The number of imidazole rings is 1. The van der Waals surface area contributed by atoms with Crippen molar-refractivity contribution in [2.24, 2.45) is 5.73 Å². The molecule has 2 aliphatic heterocycles. The maximum atomic E-state index is 12.6. The van der Waals surface area contributed by atoms with Gasteiger partial charge in [0.05, 0.1) is 11.9 Å². The number of nitrogens with two attached hydrogens (primary N) is 1. The predicted molar refractivity (Wildman–Crippen MR) is 113 cm³/mol. The number of anilines is 1. The maximum Gasteiger partial charge on any atom is 0.338 e. The summed E-state index contributed by atoms with van der Waals surface area (Å²) in [5, 5.41) is 23.4. The fourth-order valence-electron chi connectivity index (χ4n) is 3.93. The maximum absolute atomic E-state index is 12.6. The summed E-state index contributed by atoms with van der Waals surface area (Å²) in [5.74, 6) is -5.27. The van der Waals surface area contributed by atoms with Crippen LogP contribution in [0.5, 0.6) is 0 Å². The molecule has 0 bridgehead atoms. The van der Waals surface area contributed by atoms with Crippen LogP contribution in [0.4, 0.5) is 5.82 Å². The highest BCUT2D eigenvalue weighted by atomic mass is 16.6. The predicted octanol–water partition coefficient (Wildman–Crippen LogP) is -1.34. The molecule has 3 heterocycles. The molecule has 0 saturated carbocycles. The minimum Gasteiger partial charge on any atom is -0.459 e. The SMILES string of the molecule is CC(=O)N1c2c(ncn2[C@@H]2O[C@H](COC(=O)c3ccccc3)C(O)C2O)C(=O)NC1(N)C(C)=O. The Morgan fingerprint density at radius 3 is 2.50 bits per heavy atom. The number of ether oxygens (including phenoxy) is 2. The molecular formula is C21H23N5O8. The first-order chi connectivity index (χ1) is 16.1. The molecule has 2 aromatic rings. The van der Waals surface area contributed by atoms with E-state index in [1.165, 1.54) is 0 Å². The minimum absolute atomic E-state index is 0.188. The summed E-state index contributed by atoms with van der Waals surface area (Å²) < 4.78 is 12.1. The second-order valence-corrected chi connectivity index (χ2v) is 7.97. The van der Waals surface area contributed by atoms with Crippen LogP contribution in [0, 0.1) is 0 Å². The summed E-state index contributed by atoms with van der Waals surface area (Å²) in [6.45, 7) is 1.85. The monoisotopic (exact) mass is 473 g/mol. The molecule has 34 heavy (non-hydrogen) atoms. The van der Waals surface area contributed by atoms with E-state index < -0.39 is 53.9 Å². The van der Waals surface area contributed by atoms with Gasteiger partial charge >= 0.3 is 5.97 Å². The van der Waals surface area contributed by atoms with E-state index >= 15 is 0 Å². The van der Waals surface area contributed by atoms with Gasteiger partial charge in [0.2, 0.25) is 11.7 Å². The van der Waals surface area contributed by atoms with Crippen LogP contribution in [0.1, 0.15) is 40.9 Å². The lowest BCUT2D eigenvalue weighted by molar-refractivity contribution is -0.128. The summed E-state index contributed by atoms with van der Waals surface area (Å²) in [4.78, 5) is 54.3. The van der Waals surface area contributed by atoms with Crippen molar-refractivity contribution < 1.29 is 38.9 Å². The van der Waals surface area contributed by atoms with E-state index in [4.69, 9.17) is 15.2 Å². The van der Waals surface area contributed by atoms with Gasteiger partial charge in [-0.15, -0.1) is 0 Å². The molecule has 180 valence electrons. The van der Waals surface area contributed by atoms with E-state index in [2.05, 4.69) is 10.3 Å². The van der Waals surface area contributed by atoms with Gasteiger partial charge in [-0.25, -0.2) is 9.78 Å². The number of aromatic nitrogens is 2. The molecule has 2 aliphatic rings. The molecule has 1 saturated heterocycles. The van der Waals surface area contributed by atoms with E-state index in [0.29, 0.717) is 5.56 Å². The first-order valence-corrected chi connectivity index (χ1v) is 10.3. The number of amides is 2. The average Bonchev–Trinajstić information content (AvgIpc) is 3.34. The number of hydrogen-bond donors (Lipinski definition) is 4. The third-order valence-electron chi connectivity index (χ3n) is 5.70. The molecule has 3 unspecified atom stereocenters. The zero-order valence-corrected chi connectivity index (χ0v) is 18.2. The molecule has 1 fully saturated rings. The first-order valence-electron chi connectivity index (χ1n) is 10.3. The highest BCUT2D eigenvalue weighted by molar-refractivity contribution is 6.12. The van der Waals surface area contributed by atoms with E-state index in [0.717, 1.165) is 29.6 Å². The molecule has 13 nitrogen and oxygen atoms in total. The molecule has 2 amide bonds. The van der Waals surface area contributed by atoms with Crippen LogP contribution in [0.3, 0.4) is 0 Å². The Kier molecular flexibility index (Phi) is 5.95. The minimum atomic E-state index is -2.19.